The summed E-state index contributed by atoms with van der Waals surface area (Å²) in [5, 5.41) is 0.949. The predicted octanol–water partition coefficient (Wildman–Crippen LogP) is 2.78. The summed E-state index contributed by atoms with van der Waals surface area (Å²) in [6.07, 6.45) is 0. The molecule has 0 saturated carbocycles. The molecule has 0 aliphatic rings. The molecule has 5 nitrogen and oxygen atoms in total. The number of carbonyl (C=O) groups is 2. The summed E-state index contributed by atoms with van der Waals surface area (Å²) in [7, 11) is 1.28. The van der Waals surface area contributed by atoms with Crippen LogP contribution in [0, 0.1) is 0 Å². The van der Waals surface area contributed by atoms with Gasteiger partial charge < -0.3 is 14.5 Å². The minimum absolute atomic E-state index is 0.256. The highest BCUT2D eigenvalue weighted by molar-refractivity contribution is 6.34. The van der Waals surface area contributed by atoms with Crippen molar-refractivity contribution in [2.75, 3.05) is 13.7 Å². The largest absolute Gasteiger partial charge is 0.465 e. The van der Waals surface area contributed by atoms with Crippen LogP contribution in [0.3, 0.4) is 0 Å². The van der Waals surface area contributed by atoms with Crippen molar-refractivity contribution in [2.24, 2.45) is 0 Å². The van der Waals surface area contributed by atoms with E-state index in [0.717, 1.165) is 0 Å². The molecule has 0 aliphatic carbocycles. The lowest BCUT2D eigenvalue weighted by molar-refractivity contribution is 0.0519. The summed E-state index contributed by atoms with van der Waals surface area (Å²) >= 11 is 5.99. The van der Waals surface area contributed by atoms with E-state index in [1.807, 2.05) is 0 Å². The molecule has 1 aromatic carbocycles. The molecule has 1 N–H and O–H groups in total. The first-order valence-electron chi connectivity index (χ1n) is 5.64. The minimum atomic E-state index is -0.522. The van der Waals surface area contributed by atoms with Crippen molar-refractivity contribution >= 4 is 34.4 Å². The summed E-state index contributed by atoms with van der Waals surface area (Å²) in [6.45, 7) is 2.02. The summed E-state index contributed by atoms with van der Waals surface area (Å²) < 4.78 is 9.53. The van der Waals surface area contributed by atoms with Gasteiger partial charge in [0.05, 0.1) is 24.3 Å². The van der Waals surface area contributed by atoms with Gasteiger partial charge in [-0.05, 0) is 25.1 Å². The van der Waals surface area contributed by atoms with Gasteiger partial charge in [-0.25, -0.2) is 9.59 Å². The summed E-state index contributed by atoms with van der Waals surface area (Å²) in [5.74, 6) is -0.972. The number of ether oxygens (including phenoxy) is 2. The van der Waals surface area contributed by atoms with E-state index in [-0.39, 0.29) is 10.6 Å². The molecule has 0 amide bonds. The maximum Gasteiger partial charge on any atom is 0.354 e. The van der Waals surface area contributed by atoms with E-state index in [1.165, 1.54) is 7.11 Å². The Morgan fingerprint density at radius 2 is 2.00 bits per heavy atom. The Kier molecular flexibility index (Phi) is 3.76. The average Bonchev–Trinajstić information content (AvgIpc) is 2.80. The van der Waals surface area contributed by atoms with Gasteiger partial charge in [0.15, 0.2) is 0 Å². The lowest BCUT2D eigenvalue weighted by Crippen LogP contribution is -2.04. The van der Waals surface area contributed by atoms with E-state index in [1.54, 1.807) is 25.1 Å². The van der Waals surface area contributed by atoms with Crippen molar-refractivity contribution in [1.29, 1.82) is 0 Å². The summed E-state index contributed by atoms with van der Waals surface area (Å²) in [5.41, 5.74) is 1.22. The number of fused-ring (bicyclic) bond motifs is 1. The van der Waals surface area contributed by atoms with E-state index in [0.29, 0.717) is 23.2 Å². The van der Waals surface area contributed by atoms with Crippen LogP contribution in [0.4, 0.5) is 0 Å². The fourth-order valence-corrected chi connectivity index (χ4v) is 1.98. The van der Waals surface area contributed by atoms with Crippen LogP contribution >= 0.6 is 11.6 Å². The Labute approximate surface area is 114 Å². The van der Waals surface area contributed by atoms with E-state index >= 15 is 0 Å². The number of aromatic amines is 1. The van der Waals surface area contributed by atoms with Gasteiger partial charge in [0, 0.05) is 10.9 Å². The van der Waals surface area contributed by atoms with Gasteiger partial charge in [-0.2, -0.15) is 0 Å². The number of hydrogen-bond acceptors (Lipinski definition) is 4. The third-order valence-corrected chi connectivity index (χ3v) is 2.92. The van der Waals surface area contributed by atoms with Crippen LogP contribution in [0.5, 0.6) is 0 Å². The molecular weight excluding hydrogens is 270 g/mol. The van der Waals surface area contributed by atoms with Gasteiger partial charge in [-0.1, -0.05) is 11.6 Å². The van der Waals surface area contributed by atoms with Crippen LogP contribution in [-0.2, 0) is 9.47 Å². The Hall–Kier alpha value is -2.01. The van der Waals surface area contributed by atoms with Gasteiger partial charge >= 0.3 is 11.9 Å². The highest BCUT2D eigenvalue weighted by Crippen LogP contribution is 2.25. The fourth-order valence-electron chi connectivity index (χ4n) is 1.74. The third-order valence-electron chi connectivity index (χ3n) is 2.61. The first-order chi connectivity index (χ1) is 9.06. The standard InChI is InChI=1S/C13H12ClNO4/c1-3-19-13(17)11-5-7-4-8(12(16)18-2)9(14)6-10(7)15-11/h4-6,15H,3H2,1-2H3. The molecule has 0 spiro atoms. The van der Waals surface area contributed by atoms with Gasteiger partial charge in [0.1, 0.15) is 5.69 Å². The van der Waals surface area contributed by atoms with E-state index in [4.69, 9.17) is 16.3 Å². The number of aromatic nitrogens is 1. The number of nitrogens with one attached hydrogen (secondary N) is 1. The first-order valence-corrected chi connectivity index (χ1v) is 6.02. The van der Waals surface area contributed by atoms with Gasteiger partial charge in [0.2, 0.25) is 0 Å². The minimum Gasteiger partial charge on any atom is -0.465 e. The van der Waals surface area contributed by atoms with Crippen LogP contribution in [0.2, 0.25) is 5.02 Å². The molecule has 2 rings (SSSR count). The fraction of sp³-hybridized carbons (Fsp3) is 0.231. The zero-order valence-electron chi connectivity index (χ0n) is 10.5. The lowest BCUT2D eigenvalue weighted by Gasteiger charge is -2.01. The summed E-state index contributed by atoms with van der Waals surface area (Å²) in [6, 6.07) is 4.75. The Bertz CT molecular complexity index is 647. The van der Waals surface area contributed by atoms with Crippen molar-refractivity contribution in [3.8, 4) is 0 Å². The predicted molar refractivity (Wildman–Crippen MR) is 70.6 cm³/mol. The Morgan fingerprint density at radius 3 is 2.63 bits per heavy atom. The molecule has 0 fully saturated rings. The number of rotatable bonds is 3. The number of hydrogen-bond donors (Lipinski definition) is 1. The first kappa shape index (κ1) is 13.4. The molecule has 2 aromatic rings. The van der Waals surface area contributed by atoms with Crippen molar-refractivity contribution in [2.45, 2.75) is 6.92 Å². The number of halogens is 1. The molecule has 6 heteroatoms. The molecule has 0 atom stereocenters. The maximum absolute atomic E-state index is 11.6. The molecule has 0 unspecified atom stereocenters. The Balaban J connectivity index is 2.49. The zero-order valence-corrected chi connectivity index (χ0v) is 11.2. The van der Waals surface area contributed by atoms with Crippen LogP contribution in [-0.4, -0.2) is 30.6 Å². The van der Waals surface area contributed by atoms with Gasteiger partial charge in [-0.3, -0.25) is 0 Å². The van der Waals surface area contributed by atoms with E-state index < -0.39 is 11.9 Å². The molecule has 1 aromatic heterocycles. The van der Waals surface area contributed by atoms with E-state index in [9.17, 15) is 9.59 Å². The highest BCUT2D eigenvalue weighted by atomic mass is 35.5. The van der Waals surface area contributed by atoms with Crippen molar-refractivity contribution < 1.29 is 19.1 Å². The van der Waals surface area contributed by atoms with Crippen molar-refractivity contribution in [1.82, 2.24) is 4.98 Å². The van der Waals surface area contributed by atoms with Gasteiger partial charge in [0.25, 0.3) is 0 Å². The van der Waals surface area contributed by atoms with Crippen LogP contribution < -0.4 is 0 Å². The molecule has 0 radical (unpaired) electrons. The molecule has 100 valence electrons. The monoisotopic (exact) mass is 281 g/mol. The number of H-pyrrole nitrogens is 1. The Morgan fingerprint density at radius 1 is 1.26 bits per heavy atom. The zero-order chi connectivity index (χ0) is 14.0. The highest BCUT2D eigenvalue weighted by Gasteiger charge is 2.15. The average molecular weight is 282 g/mol. The second-order valence-electron chi connectivity index (χ2n) is 3.81. The molecule has 0 aliphatic heterocycles. The number of esters is 2. The lowest BCUT2D eigenvalue weighted by atomic mass is 10.1. The smallest absolute Gasteiger partial charge is 0.354 e. The number of benzene rings is 1. The molecule has 1 heterocycles. The molecular formula is C13H12ClNO4. The van der Waals surface area contributed by atoms with Gasteiger partial charge in [-0.15, -0.1) is 0 Å². The number of methoxy groups -OCH3 is 1. The van der Waals surface area contributed by atoms with Crippen molar-refractivity contribution in [3.63, 3.8) is 0 Å². The van der Waals surface area contributed by atoms with Crippen molar-refractivity contribution in [3.05, 3.63) is 34.5 Å². The second kappa shape index (κ2) is 5.32. The molecule has 0 saturated heterocycles. The molecule has 19 heavy (non-hydrogen) atoms. The summed E-state index contributed by atoms with van der Waals surface area (Å²) in [4.78, 5) is 26.0. The normalized spacial score (nSPS) is 10.5. The third kappa shape index (κ3) is 2.56. The van der Waals surface area contributed by atoms with Crippen LogP contribution in [0.15, 0.2) is 18.2 Å². The van der Waals surface area contributed by atoms with Crippen LogP contribution in [0.1, 0.15) is 27.8 Å². The van der Waals surface area contributed by atoms with E-state index in [2.05, 4.69) is 9.72 Å². The van der Waals surface area contributed by atoms with Crippen LogP contribution in [0.25, 0.3) is 10.9 Å². The molecule has 0 bridgehead atoms. The SMILES string of the molecule is CCOC(=O)c1cc2cc(C(=O)OC)c(Cl)cc2[nH]1. The second-order valence-corrected chi connectivity index (χ2v) is 4.22. The topological polar surface area (TPSA) is 68.4 Å². The number of carbonyl (C=O) groups excluding carboxylic acids is 2. The maximum atomic E-state index is 11.6. The quantitative estimate of drug-likeness (QED) is 0.879.